The van der Waals surface area contributed by atoms with E-state index in [9.17, 15) is 0 Å². The summed E-state index contributed by atoms with van der Waals surface area (Å²) in [6.07, 6.45) is 7.71. The van der Waals surface area contributed by atoms with Gasteiger partial charge in [0.25, 0.3) is 0 Å². The summed E-state index contributed by atoms with van der Waals surface area (Å²) in [7, 11) is 0. The molecule has 1 nitrogen and oxygen atoms in total. The largest absolute Gasteiger partial charge is 0.371 e. The molecular formula is C10H17N. The molecule has 1 heteroatoms. The predicted octanol–water partition coefficient (Wildman–Crippen LogP) is 2.56. The molecule has 0 radical (unpaired) electrons. The Balaban J connectivity index is 2.68. The number of rotatable bonds is 2. The molecule has 0 saturated heterocycles. The van der Waals surface area contributed by atoms with Crippen LogP contribution in [-0.2, 0) is 0 Å². The lowest BCUT2D eigenvalue weighted by Gasteiger charge is -2.30. The third-order valence-electron chi connectivity index (χ3n) is 2.40. The Hall–Kier alpha value is -0.720. The Labute approximate surface area is 69.4 Å². The number of likely N-dealkylation sites (N-methyl/N-ethyl adjacent to an activating group) is 1. The molecule has 1 aliphatic heterocycles. The topological polar surface area (TPSA) is 3.24 Å². The first-order chi connectivity index (χ1) is 5.29. The highest BCUT2D eigenvalue weighted by Gasteiger charge is 2.13. The van der Waals surface area contributed by atoms with Gasteiger partial charge < -0.3 is 4.90 Å². The normalized spacial score (nSPS) is 23.7. The van der Waals surface area contributed by atoms with E-state index >= 15 is 0 Å². The molecule has 0 aromatic carbocycles. The lowest BCUT2D eigenvalue weighted by molar-refractivity contribution is 0.332. The van der Waals surface area contributed by atoms with Crippen molar-refractivity contribution < 1.29 is 0 Å². The summed E-state index contributed by atoms with van der Waals surface area (Å²) in [5.41, 5.74) is 1.54. The van der Waals surface area contributed by atoms with Crippen LogP contribution in [0.3, 0.4) is 0 Å². The average molecular weight is 151 g/mol. The Morgan fingerprint density at radius 2 is 2.18 bits per heavy atom. The van der Waals surface area contributed by atoms with Crippen molar-refractivity contribution in [2.45, 2.75) is 33.2 Å². The van der Waals surface area contributed by atoms with Crippen LogP contribution in [0.5, 0.6) is 0 Å². The van der Waals surface area contributed by atoms with Crippen LogP contribution in [0.4, 0.5) is 0 Å². The summed E-state index contributed by atoms with van der Waals surface area (Å²) in [5.74, 6) is 0. The van der Waals surface area contributed by atoms with Crippen molar-refractivity contribution in [1.29, 1.82) is 0 Å². The van der Waals surface area contributed by atoms with Gasteiger partial charge in [0, 0.05) is 12.6 Å². The van der Waals surface area contributed by atoms with Crippen LogP contribution in [0.1, 0.15) is 27.2 Å². The fraction of sp³-hybridized carbons (Fsp3) is 0.600. The molecule has 1 unspecified atom stereocenters. The Morgan fingerprint density at radius 1 is 1.45 bits per heavy atom. The van der Waals surface area contributed by atoms with Crippen LogP contribution in [0, 0.1) is 0 Å². The van der Waals surface area contributed by atoms with Gasteiger partial charge in [-0.1, -0.05) is 13.0 Å². The average Bonchev–Trinajstić information content (AvgIpc) is 2.05. The van der Waals surface area contributed by atoms with E-state index in [0.29, 0.717) is 6.04 Å². The highest BCUT2D eigenvalue weighted by molar-refractivity contribution is 5.22. The predicted molar refractivity (Wildman–Crippen MR) is 49.4 cm³/mol. The molecule has 0 amide bonds. The molecule has 62 valence electrons. The van der Waals surface area contributed by atoms with E-state index in [-0.39, 0.29) is 0 Å². The second kappa shape index (κ2) is 3.61. The van der Waals surface area contributed by atoms with Gasteiger partial charge in [-0.2, -0.15) is 0 Å². The molecule has 0 aromatic rings. The molecule has 1 rings (SSSR count). The maximum Gasteiger partial charge on any atom is 0.0471 e. The van der Waals surface area contributed by atoms with E-state index in [4.69, 9.17) is 0 Å². The Kier molecular flexibility index (Phi) is 2.75. The molecule has 0 N–H and O–H groups in total. The molecule has 0 aromatic heterocycles. The second-order valence-corrected chi connectivity index (χ2v) is 2.94. The molecule has 0 aliphatic carbocycles. The first-order valence-corrected chi connectivity index (χ1v) is 4.42. The van der Waals surface area contributed by atoms with Gasteiger partial charge >= 0.3 is 0 Å². The van der Waals surface area contributed by atoms with E-state index in [0.717, 1.165) is 6.54 Å². The number of hydrogen-bond donors (Lipinski definition) is 0. The summed E-state index contributed by atoms with van der Waals surface area (Å²) >= 11 is 0. The SMILES string of the molecule is CCC1=CC=CN(CC)C1C. The monoisotopic (exact) mass is 151 g/mol. The third-order valence-corrected chi connectivity index (χ3v) is 2.40. The fourth-order valence-corrected chi connectivity index (χ4v) is 1.55. The zero-order chi connectivity index (χ0) is 8.27. The van der Waals surface area contributed by atoms with Crippen LogP contribution in [0.2, 0.25) is 0 Å². The quantitative estimate of drug-likeness (QED) is 0.586. The molecule has 11 heavy (non-hydrogen) atoms. The van der Waals surface area contributed by atoms with Gasteiger partial charge in [0.15, 0.2) is 0 Å². The van der Waals surface area contributed by atoms with Gasteiger partial charge in [-0.3, -0.25) is 0 Å². The minimum atomic E-state index is 0.606. The van der Waals surface area contributed by atoms with Crippen LogP contribution in [0.25, 0.3) is 0 Å². The highest BCUT2D eigenvalue weighted by atomic mass is 15.1. The Morgan fingerprint density at radius 3 is 2.73 bits per heavy atom. The lowest BCUT2D eigenvalue weighted by atomic mass is 10.0. The maximum atomic E-state index is 2.36. The second-order valence-electron chi connectivity index (χ2n) is 2.94. The molecular weight excluding hydrogens is 134 g/mol. The van der Waals surface area contributed by atoms with Crippen molar-refractivity contribution in [3.63, 3.8) is 0 Å². The number of nitrogens with zero attached hydrogens (tertiary/aromatic N) is 1. The van der Waals surface area contributed by atoms with Crippen molar-refractivity contribution in [2.24, 2.45) is 0 Å². The van der Waals surface area contributed by atoms with Crippen molar-refractivity contribution in [2.75, 3.05) is 6.54 Å². The number of allylic oxidation sites excluding steroid dienone is 2. The van der Waals surface area contributed by atoms with Gasteiger partial charge in [0.2, 0.25) is 0 Å². The standard InChI is InChI=1S/C10H17N/c1-4-10-7-6-8-11(5-2)9(10)3/h6-9H,4-5H2,1-3H3. The zero-order valence-corrected chi connectivity index (χ0v) is 7.67. The van der Waals surface area contributed by atoms with Crippen LogP contribution in [-0.4, -0.2) is 17.5 Å². The van der Waals surface area contributed by atoms with Gasteiger partial charge in [0.1, 0.15) is 0 Å². The molecule has 0 saturated carbocycles. The number of hydrogen-bond acceptors (Lipinski definition) is 1. The lowest BCUT2D eigenvalue weighted by Crippen LogP contribution is -2.31. The van der Waals surface area contributed by atoms with Crippen molar-refractivity contribution in [1.82, 2.24) is 4.90 Å². The van der Waals surface area contributed by atoms with E-state index in [1.165, 1.54) is 12.0 Å². The van der Waals surface area contributed by atoms with Crippen LogP contribution >= 0.6 is 0 Å². The van der Waals surface area contributed by atoms with E-state index in [2.05, 4.69) is 44.0 Å². The molecule has 1 atom stereocenters. The van der Waals surface area contributed by atoms with Crippen LogP contribution < -0.4 is 0 Å². The van der Waals surface area contributed by atoms with E-state index < -0.39 is 0 Å². The minimum Gasteiger partial charge on any atom is -0.371 e. The third kappa shape index (κ3) is 1.65. The maximum absolute atomic E-state index is 2.36. The summed E-state index contributed by atoms with van der Waals surface area (Å²) in [5, 5.41) is 0. The molecule has 1 aliphatic rings. The van der Waals surface area contributed by atoms with Gasteiger partial charge in [-0.05, 0) is 38.1 Å². The van der Waals surface area contributed by atoms with Gasteiger partial charge in [-0.15, -0.1) is 0 Å². The van der Waals surface area contributed by atoms with Gasteiger partial charge in [-0.25, -0.2) is 0 Å². The molecule has 0 spiro atoms. The van der Waals surface area contributed by atoms with Crippen LogP contribution in [0.15, 0.2) is 23.9 Å². The zero-order valence-electron chi connectivity index (χ0n) is 7.67. The summed E-state index contributed by atoms with van der Waals surface area (Å²) in [4.78, 5) is 2.36. The summed E-state index contributed by atoms with van der Waals surface area (Å²) < 4.78 is 0. The van der Waals surface area contributed by atoms with Crippen molar-refractivity contribution >= 4 is 0 Å². The first-order valence-electron chi connectivity index (χ1n) is 4.42. The van der Waals surface area contributed by atoms with Crippen molar-refractivity contribution in [3.8, 4) is 0 Å². The highest BCUT2D eigenvalue weighted by Crippen LogP contribution is 2.17. The van der Waals surface area contributed by atoms with Gasteiger partial charge in [0.05, 0.1) is 0 Å². The molecule has 0 fully saturated rings. The summed E-state index contributed by atoms with van der Waals surface area (Å²) in [6, 6.07) is 0.606. The van der Waals surface area contributed by atoms with E-state index in [1.54, 1.807) is 0 Å². The minimum absolute atomic E-state index is 0.606. The smallest absolute Gasteiger partial charge is 0.0471 e. The Bertz CT molecular complexity index is 179. The van der Waals surface area contributed by atoms with Crippen molar-refractivity contribution in [3.05, 3.63) is 23.9 Å². The molecule has 1 heterocycles. The first kappa shape index (κ1) is 8.38. The summed E-state index contributed by atoms with van der Waals surface area (Å²) in [6.45, 7) is 7.78. The fourth-order valence-electron chi connectivity index (χ4n) is 1.55. The molecule has 0 bridgehead atoms. The van der Waals surface area contributed by atoms with E-state index in [1.807, 2.05) is 0 Å².